The smallest absolute Gasteiger partial charge is 0.121 e. The van der Waals surface area contributed by atoms with E-state index in [4.69, 9.17) is 21.3 Å². The van der Waals surface area contributed by atoms with Crippen molar-refractivity contribution >= 4 is 34.4 Å². The summed E-state index contributed by atoms with van der Waals surface area (Å²) in [5.41, 5.74) is 2.16. The van der Waals surface area contributed by atoms with Crippen LogP contribution in [0.4, 0.5) is 0 Å². The van der Waals surface area contributed by atoms with E-state index in [1.165, 1.54) is 17.0 Å². The Hall–Kier alpha value is -0.870. The molecule has 0 amide bonds. The second-order valence-electron chi connectivity index (χ2n) is 5.03. The van der Waals surface area contributed by atoms with Crippen molar-refractivity contribution in [2.45, 2.75) is 32.7 Å². The highest BCUT2D eigenvalue weighted by molar-refractivity contribution is 7.99. The minimum atomic E-state index is 0.431. The predicted molar refractivity (Wildman–Crippen MR) is 93.0 cm³/mol. The maximum Gasteiger partial charge on any atom is 0.121 e. The number of thioether (sulfide) groups is 1. The van der Waals surface area contributed by atoms with E-state index in [0.717, 1.165) is 29.9 Å². The van der Waals surface area contributed by atoms with Crippen LogP contribution in [0.1, 0.15) is 32.1 Å². The number of fused-ring (bicyclic) bond motifs is 1. The molecule has 0 fully saturated rings. The lowest BCUT2D eigenvalue weighted by molar-refractivity contribution is 0.415. The summed E-state index contributed by atoms with van der Waals surface area (Å²) in [4.78, 5) is 4.75. The quantitative estimate of drug-likeness (QED) is 0.526. The number of halogens is 1. The lowest BCUT2D eigenvalue weighted by atomic mass is 10.2. The third-order valence-corrected chi connectivity index (χ3v) is 4.73. The molecular formula is C16H23ClN2OS. The first-order valence-corrected chi connectivity index (χ1v) is 9.08. The Balaban J connectivity index is 2.36. The summed E-state index contributed by atoms with van der Waals surface area (Å²) in [7, 11) is 1.68. The standard InChI is InChI=1S/C16H23ClN2OS/c1-4-21-10-8-12(2)19-15-6-5-13(20-3)11-14(15)18-16(19)7-9-17/h5-6,11-12H,4,7-10H2,1-3H3. The van der Waals surface area contributed by atoms with Crippen LogP contribution < -0.4 is 4.74 Å². The lowest BCUT2D eigenvalue weighted by Crippen LogP contribution is -2.11. The lowest BCUT2D eigenvalue weighted by Gasteiger charge is -2.17. The van der Waals surface area contributed by atoms with E-state index >= 15 is 0 Å². The van der Waals surface area contributed by atoms with Gasteiger partial charge in [0.15, 0.2) is 0 Å². The Bertz CT molecular complexity index is 585. The van der Waals surface area contributed by atoms with Crippen molar-refractivity contribution in [2.75, 3.05) is 24.5 Å². The summed E-state index contributed by atoms with van der Waals surface area (Å²) in [5.74, 6) is 4.86. The van der Waals surface area contributed by atoms with Gasteiger partial charge in [-0.05, 0) is 37.0 Å². The number of ether oxygens (including phenoxy) is 1. The second-order valence-corrected chi connectivity index (χ2v) is 6.80. The van der Waals surface area contributed by atoms with Gasteiger partial charge in [-0.25, -0.2) is 4.98 Å². The summed E-state index contributed by atoms with van der Waals surface area (Å²) in [6.07, 6.45) is 1.94. The zero-order chi connectivity index (χ0) is 15.2. The number of hydrogen-bond donors (Lipinski definition) is 0. The third kappa shape index (κ3) is 3.86. The Morgan fingerprint density at radius 1 is 1.43 bits per heavy atom. The molecule has 1 unspecified atom stereocenters. The molecule has 2 aromatic rings. The molecule has 1 aromatic heterocycles. The first kappa shape index (κ1) is 16.5. The van der Waals surface area contributed by atoms with Crippen LogP contribution in [0, 0.1) is 0 Å². The molecule has 21 heavy (non-hydrogen) atoms. The fourth-order valence-corrected chi connectivity index (χ4v) is 3.50. The molecule has 0 spiro atoms. The average molecular weight is 327 g/mol. The molecule has 5 heteroatoms. The van der Waals surface area contributed by atoms with E-state index in [0.29, 0.717) is 11.9 Å². The highest BCUT2D eigenvalue weighted by atomic mass is 35.5. The van der Waals surface area contributed by atoms with Crippen molar-refractivity contribution in [1.29, 1.82) is 0 Å². The van der Waals surface area contributed by atoms with Crippen molar-refractivity contribution in [3.8, 4) is 5.75 Å². The van der Waals surface area contributed by atoms with Crippen LogP contribution in [0.2, 0.25) is 0 Å². The van der Waals surface area contributed by atoms with Gasteiger partial charge in [0.05, 0.1) is 18.1 Å². The minimum absolute atomic E-state index is 0.431. The summed E-state index contributed by atoms with van der Waals surface area (Å²) < 4.78 is 7.63. The van der Waals surface area contributed by atoms with Gasteiger partial charge >= 0.3 is 0 Å². The van der Waals surface area contributed by atoms with E-state index in [-0.39, 0.29) is 0 Å². The normalized spacial score (nSPS) is 12.8. The molecule has 1 atom stereocenters. The molecule has 0 bridgehead atoms. The molecular weight excluding hydrogens is 304 g/mol. The maximum atomic E-state index is 5.94. The number of methoxy groups -OCH3 is 1. The summed E-state index contributed by atoms with van der Waals surface area (Å²) in [5, 5.41) is 0. The van der Waals surface area contributed by atoms with Gasteiger partial charge < -0.3 is 9.30 Å². The first-order valence-electron chi connectivity index (χ1n) is 7.39. The molecule has 0 N–H and O–H groups in total. The Kier molecular flexibility index (Phi) is 6.24. The fraction of sp³-hybridized carbons (Fsp3) is 0.562. The molecule has 0 saturated carbocycles. The van der Waals surface area contributed by atoms with Crippen LogP contribution in [0.5, 0.6) is 5.75 Å². The van der Waals surface area contributed by atoms with Crippen molar-refractivity contribution in [1.82, 2.24) is 9.55 Å². The highest BCUT2D eigenvalue weighted by Crippen LogP contribution is 2.27. The second kappa shape index (κ2) is 7.95. The van der Waals surface area contributed by atoms with E-state index in [2.05, 4.69) is 24.5 Å². The summed E-state index contributed by atoms with van der Waals surface area (Å²) >= 11 is 7.93. The zero-order valence-electron chi connectivity index (χ0n) is 12.9. The minimum Gasteiger partial charge on any atom is -0.497 e. The van der Waals surface area contributed by atoms with Gasteiger partial charge in [-0.15, -0.1) is 11.6 Å². The monoisotopic (exact) mass is 326 g/mol. The SMILES string of the molecule is CCSCCC(C)n1c(CCCl)nc2cc(OC)ccc21. The molecule has 0 aliphatic heterocycles. The van der Waals surface area contributed by atoms with Crippen LogP contribution in [-0.4, -0.2) is 34.0 Å². The molecule has 3 nitrogen and oxygen atoms in total. The van der Waals surface area contributed by atoms with Gasteiger partial charge in [0.1, 0.15) is 11.6 Å². The number of imidazole rings is 1. The van der Waals surface area contributed by atoms with E-state index in [1.54, 1.807) is 7.11 Å². The topological polar surface area (TPSA) is 27.1 Å². The number of nitrogens with zero attached hydrogens (tertiary/aromatic N) is 2. The molecule has 116 valence electrons. The predicted octanol–water partition coefficient (Wildman–Crippen LogP) is 4.53. The molecule has 1 heterocycles. The van der Waals surface area contributed by atoms with Gasteiger partial charge in [0.25, 0.3) is 0 Å². The van der Waals surface area contributed by atoms with Crippen LogP contribution in [0.25, 0.3) is 11.0 Å². The van der Waals surface area contributed by atoms with Gasteiger partial charge in [0, 0.05) is 24.4 Å². The number of aryl methyl sites for hydroxylation is 1. The van der Waals surface area contributed by atoms with Crippen molar-refractivity contribution in [3.05, 3.63) is 24.0 Å². The van der Waals surface area contributed by atoms with Gasteiger partial charge in [0.2, 0.25) is 0 Å². The van der Waals surface area contributed by atoms with E-state index < -0.39 is 0 Å². The van der Waals surface area contributed by atoms with Gasteiger partial charge in [-0.2, -0.15) is 11.8 Å². The fourth-order valence-electron chi connectivity index (χ4n) is 2.54. The van der Waals surface area contributed by atoms with Gasteiger partial charge in [-0.3, -0.25) is 0 Å². The van der Waals surface area contributed by atoms with Crippen molar-refractivity contribution in [3.63, 3.8) is 0 Å². The summed E-state index contributed by atoms with van der Waals surface area (Å²) in [6, 6.07) is 6.53. The van der Waals surface area contributed by atoms with Crippen LogP contribution in [-0.2, 0) is 6.42 Å². The molecule has 2 rings (SSSR count). The van der Waals surface area contributed by atoms with E-state index in [9.17, 15) is 0 Å². The number of alkyl halides is 1. The van der Waals surface area contributed by atoms with Crippen molar-refractivity contribution in [2.24, 2.45) is 0 Å². The highest BCUT2D eigenvalue weighted by Gasteiger charge is 2.16. The maximum absolute atomic E-state index is 5.94. The number of benzene rings is 1. The zero-order valence-corrected chi connectivity index (χ0v) is 14.5. The molecule has 0 saturated heterocycles. The Morgan fingerprint density at radius 3 is 2.90 bits per heavy atom. The Morgan fingerprint density at radius 2 is 2.24 bits per heavy atom. The Labute approximate surface area is 136 Å². The number of rotatable bonds is 8. The van der Waals surface area contributed by atoms with Crippen LogP contribution in [0.3, 0.4) is 0 Å². The molecule has 0 aliphatic rings. The number of aromatic nitrogens is 2. The number of hydrogen-bond acceptors (Lipinski definition) is 3. The summed E-state index contributed by atoms with van der Waals surface area (Å²) in [6.45, 7) is 4.46. The molecule has 0 radical (unpaired) electrons. The van der Waals surface area contributed by atoms with Crippen molar-refractivity contribution < 1.29 is 4.74 Å². The average Bonchev–Trinajstić information content (AvgIpc) is 2.84. The molecule has 0 aliphatic carbocycles. The first-order chi connectivity index (χ1) is 10.2. The van der Waals surface area contributed by atoms with Gasteiger partial charge in [-0.1, -0.05) is 6.92 Å². The largest absolute Gasteiger partial charge is 0.497 e. The van der Waals surface area contributed by atoms with Crippen LogP contribution in [0.15, 0.2) is 18.2 Å². The third-order valence-electron chi connectivity index (χ3n) is 3.61. The molecule has 1 aromatic carbocycles. The van der Waals surface area contributed by atoms with E-state index in [1.807, 2.05) is 23.9 Å². The van der Waals surface area contributed by atoms with Crippen LogP contribution >= 0.6 is 23.4 Å².